The van der Waals surface area contributed by atoms with E-state index in [0.717, 1.165) is 36.6 Å². The molecule has 1 aromatic heterocycles. The Balaban J connectivity index is 1.20. The summed E-state index contributed by atoms with van der Waals surface area (Å²) >= 11 is 1.64. The summed E-state index contributed by atoms with van der Waals surface area (Å²) < 4.78 is 11.3. The van der Waals surface area contributed by atoms with Gasteiger partial charge >= 0.3 is 0 Å². The zero-order valence-corrected chi connectivity index (χ0v) is 17.9. The molecule has 0 unspecified atom stereocenters. The first-order valence-corrected chi connectivity index (χ1v) is 11.5. The quantitative estimate of drug-likeness (QED) is 0.710. The summed E-state index contributed by atoms with van der Waals surface area (Å²) in [5, 5.41) is 2.01. The van der Waals surface area contributed by atoms with Crippen LogP contribution >= 0.6 is 11.3 Å². The fourth-order valence-corrected chi connectivity index (χ4v) is 4.58. The zero-order valence-electron chi connectivity index (χ0n) is 17.1. The van der Waals surface area contributed by atoms with Crippen molar-refractivity contribution in [2.45, 2.75) is 19.3 Å². The molecule has 3 heterocycles. The minimum absolute atomic E-state index is 0.0458. The predicted octanol–water partition coefficient (Wildman–Crippen LogP) is 3.08. The molecule has 2 amide bonds. The molecule has 7 heteroatoms. The van der Waals surface area contributed by atoms with Crippen LogP contribution < -0.4 is 4.74 Å². The molecule has 2 aliphatic heterocycles. The van der Waals surface area contributed by atoms with Gasteiger partial charge in [-0.2, -0.15) is 0 Å². The molecule has 0 atom stereocenters. The number of ether oxygens (including phenoxy) is 2. The molecule has 0 bridgehead atoms. The number of likely N-dealkylation sites (tertiary alicyclic amines) is 1. The van der Waals surface area contributed by atoms with Gasteiger partial charge in [-0.15, -0.1) is 11.3 Å². The highest BCUT2D eigenvalue weighted by Gasteiger charge is 2.23. The number of nitrogens with zero attached hydrogens (tertiary/aromatic N) is 2. The smallest absolute Gasteiger partial charge is 0.254 e. The summed E-state index contributed by atoms with van der Waals surface area (Å²) in [6.45, 7) is 4.73. The van der Waals surface area contributed by atoms with Crippen molar-refractivity contribution in [1.29, 1.82) is 0 Å². The number of hydrogen-bond acceptors (Lipinski definition) is 5. The topological polar surface area (TPSA) is 59.1 Å². The van der Waals surface area contributed by atoms with Crippen molar-refractivity contribution in [2.75, 3.05) is 46.0 Å². The third kappa shape index (κ3) is 5.40. The van der Waals surface area contributed by atoms with Gasteiger partial charge in [-0.3, -0.25) is 9.59 Å². The van der Waals surface area contributed by atoms with Gasteiger partial charge < -0.3 is 19.3 Å². The van der Waals surface area contributed by atoms with Gasteiger partial charge in [0, 0.05) is 36.6 Å². The lowest BCUT2D eigenvalue weighted by molar-refractivity contribution is -0.131. The van der Waals surface area contributed by atoms with Gasteiger partial charge in [-0.05, 0) is 54.5 Å². The van der Waals surface area contributed by atoms with Gasteiger partial charge in [0.2, 0.25) is 5.91 Å². The molecule has 30 heavy (non-hydrogen) atoms. The Kier molecular flexibility index (Phi) is 7.02. The Morgan fingerprint density at radius 1 is 1.00 bits per heavy atom. The maximum absolute atomic E-state index is 12.5. The van der Waals surface area contributed by atoms with Crippen molar-refractivity contribution >= 4 is 23.2 Å². The molecule has 6 nitrogen and oxygen atoms in total. The Bertz CT molecular complexity index is 823. The lowest BCUT2D eigenvalue weighted by atomic mass is 9.97. The molecule has 1 aromatic carbocycles. The van der Waals surface area contributed by atoms with E-state index in [4.69, 9.17) is 9.47 Å². The predicted molar refractivity (Wildman–Crippen MR) is 116 cm³/mol. The molecule has 2 aromatic rings. The molecule has 0 spiro atoms. The minimum Gasteiger partial charge on any atom is -0.493 e. The zero-order chi connectivity index (χ0) is 20.8. The first-order valence-electron chi connectivity index (χ1n) is 10.6. The van der Waals surface area contributed by atoms with Gasteiger partial charge in [0.05, 0.1) is 26.2 Å². The average molecular weight is 429 g/mol. The lowest BCUT2D eigenvalue weighted by Gasteiger charge is -2.32. The third-order valence-corrected chi connectivity index (χ3v) is 6.63. The maximum Gasteiger partial charge on any atom is 0.254 e. The monoisotopic (exact) mass is 428 g/mol. The van der Waals surface area contributed by atoms with Crippen LogP contribution in [0.2, 0.25) is 0 Å². The third-order valence-electron chi connectivity index (χ3n) is 5.76. The van der Waals surface area contributed by atoms with Crippen molar-refractivity contribution in [1.82, 2.24) is 9.80 Å². The first kappa shape index (κ1) is 20.9. The number of thiophene rings is 1. The highest BCUT2D eigenvalue weighted by molar-refractivity contribution is 7.10. The standard InChI is InChI=1S/C23H28N2O4S/c26-22(16-21-2-1-15-30-21)24-9-7-18(8-10-24)17-29-20-5-3-19(4-6-20)23(27)25-11-13-28-14-12-25/h1-6,15,18H,7-14,16-17H2. The molecule has 0 radical (unpaired) electrons. The SMILES string of the molecule is O=C(Cc1cccs1)N1CCC(COc2ccc(C(=O)N3CCOCC3)cc2)CC1. The molecule has 2 aliphatic rings. The summed E-state index contributed by atoms with van der Waals surface area (Å²) in [5.41, 5.74) is 0.682. The van der Waals surface area contributed by atoms with E-state index < -0.39 is 0 Å². The van der Waals surface area contributed by atoms with Crippen LogP contribution in [0.15, 0.2) is 41.8 Å². The number of carbonyl (C=O) groups is 2. The van der Waals surface area contributed by atoms with Crippen LogP contribution in [0.3, 0.4) is 0 Å². The second-order valence-electron chi connectivity index (χ2n) is 7.82. The molecular formula is C23H28N2O4S. The van der Waals surface area contributed by atoms with E-state index in [9.17, 15) is 9.59 Å². The van der Waals surface area contributed by atoms with E-state index >= 15 is 0 Å². The van der Waals surface area contributed by atoms with E-state index in [0.29, 0.717) is 50.8 Å². The second kappa shape index (κ2) is 10.1. The summed E-state index contributed by atoms with van der Waals surface area (Å²) in [6.07, 6.45) is 2.43. The van der Waals surface area contributed by atoms with Crippen LogP contribution in [-0.4, -0.2) is 67.6 Å². The van der Waals surface area contributed by atoms with E-state index in [-0.39, 0.29) is 11.8 Å². The van der Waals surface area contributed by atoms with E-state index in [1.165, 1.54) is 0 Å². The number of benzene rings is 1. The molecule has 0 N–H and O–H groups in total. The van der Waals surface area contributed by atoms with Crippen LogP contribution in [0, 0.1) is 5.92 Å². The number of amides is 2. The van der Waals surface area contributed by atoms with E-state index in [1.54, 1.807) is 11.3 Å². The minimum atomic E-state index is 0.0458. The van der Waals surface area contributed by atoms with Gasteiger partial charge in [0.15, 0.2) is 0 Å². The Labute approximate surface area is 181 Å². The van der Waals surface area contributed by atoms with Crippen molar-refractivity contribution in [3.63, 3.8) is 0 Å². The number of hydrogen-bond donors (Lipinski definition) is 0. The van der Waals surface area contributed by atoms with E-state index in [1.807, 2.05) is 51.6 Å². The lowest BCUT2D eigenvalue weighted by Crippen LogP contribution is -2.40. The van der Waals surface area contributed by atoms with Crippen LogP contribution in [0.1, 0.15) is 28.1 Å². The van der Waals surface area contributed by atoms with Gasteiger partial charge in [-0.25, -0.2) is 0 Å². The number of rotatable bonds is 6. The summed E-state index contributed by atoms with van der Waals surface area (Å²) in [5.74, 6) is 1.50. The summed E-state index contributed by atoms with van der Waals surface area (Å²) in [4.78, 5) is 29.8. The molecule has 2 saturated heterocycles. The molecule has 4 rings (SSSR count). The fraction of sp³-hybridized carbons (Fsp3) is 0.478. The van der Waals surface area contributed by atoms with E-state index in [2.05, 4.69) is 0 Å². The molecular weight excluding hydrogens is 400 g/mol. The number of morpholine rings is 1. The Hall–Kier alpha value is -2.38. The highest BCUT2D eigenvalue weighted by Crippen LogP contribution is 2.21. The summed E-state index contributed by atoms with van der Waals surface area (Å²) in [6, 6.07) is 11.4. The van der Waals surface area contributed by atoms with Crippen molar-refractivity contribution in [2.24, 2.45) is 5.92 Å². The normalized spacial score (nSPS) is 17.7. The van der Waals surface area contributed by atoms with Crippen LogP contribution in [0.25, 0.3) is 0 Å². The number of piperidine rings is 1. The molecule has 0 aliphatic carbocycles. The summed E-state index contributed by atoms with van der Waals surface area (Å²) in [7, 11) is 0. The number of carbonyl (C=O) groups excluding carboxylic acids is 2. The Morgan fingerprint density at radius 3 is 2.40 bits per heavy atom. The van der Waals surface area contributed by atoms with Crippen LogP contribution in [0.5, 0.6) is 5.75 Å². The second-order valence-corrected chi connectivity index (χ2v) is 8.85. The van der Waals surface area contributed by atoms with Crippen molar-refractivity contribution in [3.05, 3.63) is 52.2 Å². The van der Waals surface area contributed by atoms with Crippen LogP contribution in [0.4, 0.5) is 0 Å². The van der Waals surface area contributed by atoms with Crippen molar-refractivity contribution in [3.8, 4) is 5.75 Å². The molecule has 2 fully saturated rings. The van der Waals surface area contributed by atoms with Gasteiger partial charge in [0.1, 0.15) is 5.75 Å². The molecule has 0 saturated carbocycles. The van der Waals surface area contributed by atoms with Crippen LogP contribution in [-0.2, 0) is 16.0 Å². The largest absolute Gasteiger partial charge is 0.493 e. The van der Waals surface area contributed by atoms with Crippen molar-refractivity contribution < 1.29 is 19.1 Å². The maximum atomic E-state index is 12.5. The van der Waals surface area contributed by atoms with Gasteiger partial charge in [-0.1, -0.05) is 6.07 Å². The highest BCUT2D eigenvalue weighted by atomic mass is 32.1. The average Bonchev–Trinajstić information content (AvgIpc) is 3.31. The first-order chi connectivity index (χ1) is 14.7. The van der Waals surface area contributed by atoms with Gasteiger partial charge in [0.25, 0.3) is 5.91 Å². The molecule has 160 valence electrons. The fourth-order valence-electron chi connectivity index (χ4n) is 3.88. The Morgan fingerprint density at radius 2 is 1.73 bits per heavy atom.